The van der Waals surface area contributed by atoms with E-state index in [2.05, 4.69) is 5.92 Å². The van der Waals surface area contributed by atoms with Gasteiger partial charge in [0.25, 0.3) is 5.91 Å². The molecule has 1 aromatic rings. The second-order valence-electron chi connectivity index (χ2n) is 3.34. The summed E-state index contributed by atoms with van der Waals surface area (Å²) in [6.07, 6.45) is 5.17. The number of anilines is 1. The number of carboxylic acids is 1. The van der Waals surface area contributed by atoms with E-state index in [1.807, 2.05) is 0 Å². The molecule has 1 amide bonds. The van der Waals surface area contributed by atoms with Crippen LogP contribution in [-0.4, -0.2) is 30.1 Å². The highest BCUT2D eigenvalue weighted by molar-refractivity contribution is 5.99. The molecule has 0 aromatic heterocycles. The molecule has 88 valence electrons. The number of para-hydroxylation sites is 1. The van der Waals surface area contributed by atoms with Crippen molar-refractivity contribution in [3.63, 3.8) is 0 Å². The number of hydrogen-bond acceptors (Lipinski definition) is 3. The maximum atomic E-state index is 11.2. The Bertz CT molecular complexity index is 477. The number of terminal acetylenes is 1. The number of carboxylic acid groups (broad SMARTS) is 1. The minimum atomic E-state index is -1.03. The number of rotatable bonds is 5. The zero-order valence-electron chi connectivity index (χ0n) is 9.09. The Labute approximate surface area is 98.8 Å². The van der Waals surface area contributed by atoms with Gasteiger partial charge in [-0.25, -0.2) is 0 Å². The number of primary amides is 1. The Kier molecular flexibility index (Phi) is 4.12. The van der Waals surface area contributed by atoms with Crippen LogP contribution in [0.25, 0.3) is 0 Å². The number of nitrogens with zero attached hydrogens (tertiary/aromatic N) is 1. The van der Waals surface area contributed by atoms with Crippen molar-refractivity contribution >= 4 is 17.6 Å². The molecule has 0 spiro atoms. The number of carbonyl (C=O) groups excluding carboxylic acids is 1. The van der Waals surface area contributed by atoms with Crippen molar-refractivity contribution in [1.82, 2.24) is 0 Å². The molecule has 1 rings (SSSR count). The van der Waals surface area contributed by atoms with Crippen LogP contribution in [0.2, 0.25) is 0 Å². The van der Waals surface area contributed by atoms with E-state index in [9.17, 15) is 9.59 Å². The lowest BCUT2D eigenvalue weighted by molar-refractivity contribution is -0.135. The van der Waals surface area contributed by atoms with Gasteiger partial charge in [0.05, 0.1) is 17.8 Å². The number of nitrogens with two attached hydrogens (primary N) is 1. The van der Waals surface area contributed by atoms with Gasteiger partial charge in [-0.15, -0.1) is 6.42 Å². The van der Waals surface area contributed by atoms with E-state index < -0.39 is 11.9 Å². The third-order valence-electron chi connectivity index (χ3n) is 2.12. The van der Waals surface area contributed by atoms with Crippen molar-refractivity contribution in [2.24, 2.45) is 5.73 Å². The summed E-state index contributed by atoms with van der Waals surface area (Å²) in [4.78, 5) is 23.3. The van der Waals surface area contributed by atoms with Gasteiger partial charge >= 0.3 is 5.97 Å². The fourth-order valence-electron chi connectivity index (χ4n) is 1.46. The van der Waals surface area contributed by atoms with Gasteiger partial charge in [0, 0.05) is 0 Å². The zero-order valence-corrected chi connectivity index (χ0v) is 9.09. The Morgan fingerprint density at radius 3 is 2.59 bits per heavy atom. The first kappa shape index (κ1) is 12.6. The van der Waals surface area contributed by atoms with E-state index in [1.165, 1.54) is 11.0 Å². The molecule has 0 fully saturated rings. The van der Waals surface area contributed by atoms with Gasteiger partial charge in [0.2, 0.25) is 0 Å². The average Bonchev–Trinajstić information content (AvgIpc) is 2.28. The van der Waals surface area contributed by atoms with Crippen molar-refractivity contribution in [1.29, 1.82) is 0 Å². The molecule has 0 radical (unpaired) electrons. The quantitative estimate of drug-likeness (QED) is 0.716. The first-order valence-corrected chi connectivity index (χ1v) is 4.85. The number of aliphatic carboxylic acids is 1. The number of amides is 1. The first-order valence-electron chi connectivity index (χ1n) is 4.85. The van der Waals surface area contributed by atoms with Gasteiger partial charge < -0.3 is 15.7 Å². The molecule has 1 aromatic carbocycles. The lowest BCUT2D eigenvalue weighted by Gasteiger charge is -2.22. The predicted molar refractivity (Wildman–Crippen MR) is 63.6 cm³/mol. The first-order chi connectivity index (χ1) is 8.06. The molecule has 0 unspecified atom stereocenters. The molecule has 0 heterocycles. The highest BCUT2D eigenvalue weighted by Gasteiger charge is 2.15. The van der Waals surface area contributed by atoms with Crippen molar-refractivity contribution in [3.05, 3.63) is 29.8 Å². The maximum absolute atomic E-state index is 11.2. The van der Waals surface area contributed by atoms with Crippen molar-refractivity contribution in [2.75, 3.05) is 18.0 Å². The van der Waals surface area contributed by atoms with Gasteiger partial charge in [-0.05, 0) is 12.1 Å². The van der Waals surface area contributed by atoms with E-state index in [0.29, 0.717) is 5.69 Å². The largest absolute Gasteiger partial charge is 0.480 e. The van der Waals surface area contributed by atoms with Crippen molar-refractivity contribution in [3.8, 4) is 12.3 Å². The molecule has 0 saturated heterocycles. The Morgan fingerprint density at radius 1 is 1.41 bits per heavy atom. The van der Waals surface area contributed by atoms with Crippen LogP contribution in [0.15, 0.2) is 24.3 Å². The smallest absolute Gasteiger partial charge is 0.323 e. The molecule has 5 heteroatoms. The highest BCUT2D eigenvalue weighted by Crippen LogP contribution is 2.19. The van der Waals surface area contributed by atoms with Crippen LogP contribution in [-0.2, 0) is 4.79 Å². The summed E-state index contributed by atoms with van der Waals surface area (Å²) in [5.74, 6) is 0.702. The summed E-state index contributed by atoms with van der Waals surface area (Å²) in [6, 6.07) is 6.48. The van der Waals surface area contributed by atoms with Crippen LogP contribution in [0.5, 0.6) is 0 Å². The van der Waals surface area contributed by atoms with Gasteiger partial charge in [0.1, 0.15) is 6.54 Å². The standard InChI is InChI=1S/C12H12N2O3/c1-2-7-14(8-11(15)16)10-6-4-3-5-9(10)12(13)17/h1,3-6H,7-8H2,(H2,13,17)(H,15,16). The van der Waals surface area contributed by atoms with Crippen LogP contribution in [0.4, 0.5) is 5.69 Å². The maximum Gasteiger partial charge on any atom is 0.323 e. The van der Waals surface area contributed by atoms with E-state index in [-0.39, 0.29) is 18.7 Å². The summed E-state index contributed by atoms with van der Waals surface area (Å²) < 4.78 is 0. The topological polar surface area (TPSA) is 83.6 Å². The number of carbonyl (C=O) groups is 2. The molecule has 0 aliphatic heterocycles. The Hall–Kier alpha value is -2.48. The third kappa shape index (κ3) is 3.24. The van der Waals surface area contributed by atoms with E-state index in [0.717, 1.165) is 0 Å². The lowest BCUT2D eigenvalue weighted by Crippen LogP contribution is -2.32. The molecule has 0 aliphatic carbocycles. The molecule has 3 N–H and O–H groups in total. The number of hydrogen-bond donors (Lipinski definition) is 2. The monoisotopic (exact) mass is 232 g/mol. The minimum Gasteiger partial charge on any atom is -0.480 e. The predicted octanol–water partition coefficient (Wildman–Crippen LogP) is 0.310. The van der Waals surface area contributed by atoms with Crippen LogP contribution in [0.3, 0.4) is 0 Å². The van der Waals surface area contributed by atoms with E-state index in [1.54, 1.807) is 18.2 Å². The molecule has 0 saturated carbocycles. The average molecular weight is 232 g/mol. The van der Waals surface area contributed by atoms with Gasteiger partial charge in [-0.2, -0.15) is 0 Å². The van der Waals surface area contributed by atoms with Crippen LogP contribution < -0.4 is 10.6 Å². The summed E-state index contributed by atoms with van der Waals surface area (Å²) in [6.45, 7) is -0.189. The second kappa shape index (κ2) is 5.56. The van der Waals surface area contributed by atoms with Crippen LogP contribution >= 0.6 is 0 Å². The Balaban J connectivity index is 3.13. The van der Waals surface area contributed by atoms with Crippen LogP contribution in [0.1, 0.15) is 10.4 Å². The van der Waals surface area contributed by atoms with E-state index in [4.69, 9.17) is 17.3 Å². The van der Waals surface area contributed by atoms with Crippen LogP contribution in [0, 0.1) is 12.3 Å². The SMILES string of the molecule is C#CCN(CC(=O)O)c1ccccc1C(N)=O. The second-order valence-corrected chi connectivity index (χ2v) is 3.34. The Morgan fingerprint density at radius 2 is 2.06 bits per heavy atom. The summed E-state index contributed by atoms with van der Waals surface area (Å²) in [7, 11) is 0. The number of benzene rings is 1. The summed E-state index contributed by atoms with van der Waals surface area (Å²) in [5.41, 5.74) is 5.90. The molecule has 0 bridgehead atoms. The minimum absolute atomic E-state index is 0.0938. The van der Waals surface area contributed by atoms with Crippen molar-refractivity contribution in [2.45, 2.75) is 0 Å². The van der Waals surface area contributed by atoms with Gasteiger partial charge in [-0.3, -0.25) is 9.59 Å². The third-order valence-corrected chi connectivity index (χ3v) is 2.12. The molecule has 0 aliphatic rings. The van der Waals surface area contributed by atoms with Crippen molar-refractivity contribution < 1.29 is 14.7 Å². The van der Waals surface area contributed by atoms with Gasteiger partial charge in [-0.1, -0.05) is 18.1 Å². The zero-order chi connectivity index (χ0) is 12.8. The molecule has 5 nitrogen and oxygen atoms in total. The van der Waals surface area contributed by atoms with E-state index >= 15 is 0 Å². The fourth-order valence-corrected chi connectivity index (χ4v) is 1.46. The molecular formula is C12H12N2O3. The molecule has 0 atom stereocenters. The fraction of sp³-hybridized carbons (Fsp3) is 0.167. The summed E-state index contributed by atoms with van der Waals surface area (Å²) >= 11 is 0. The lowest BCUT2D eigenvalue weighted by atomic mass is 10.1. The summed E-state index contributed by atoms with van der Waals surface area (Å²) in [5, 5.41) is 8.77. The normalized spacial score (nSPS) is 9.35. The highest BCUT2D eigenvalue weighted by atomic mass is 16.4. The van der Waals surface area contributed by atoms with Gasteiger partial charge in [0.15, 0.2) is 0 Å². The molecular weight excluding hydrogens is 220 g/mol. The molecule has 17 heavy (non-hydrogen) atoms.